The quantitative estimate of drug-likeness (QED) is 0.693. The Morgan fingerprint density at radius 2 is 2.23 bits per heavy atom. The highest BCUT2D eigenvalue weighted by atomic mass is 32.1. The van der Waals surface area contributed by atoms with Crippen molar-refractivity contribution in [3.05, 3.63) is 45.6 Å². The van der Waals surface area contributed by atoms with E-state index in [-0.39, 0.29) is 12.5 Å². The van der Waals surface area contributed by atoms with E-state index in [0.29, 0.717) is 34.6 Å². The zero-order chi connectivity index (χ0) is 18.3. The van der Waals surface area contributed by atoms with Crippen LogP contribution in [0.25, 0.3) is 11.0 Å². The Balaban J connectivity index is 1.60. The molecule has 0 atom stereocenters. The fraction of sp³-hybridized carbons (Fsp3) is 0.368. The molecule has 0 unspecified atom stereocenters. The number of benzene rings is 1. The normalized spacial score (nSPS) is 15.2. The van der Waals surface area contributed by atoms with Crippen LogP contribution in [-0.4, -0.2) is 28.1 Å². The lowest BCUT2D eigenvalue weighted by molar-refractivity contribution is 0.0906. The van der Waals surface area contributed by atoms with Crippen LogP contribution in [0.15, 0.2) is 28.1 Å². The third kappa shape index (κ3) is 3.08. The largest absolute Gasteiger partial charge is 0.488 e. The van der Waals surface area contributed by atoms with E-state index in [2.05, 4.69) is 10.3 Å². The molecule has 0 bridgehead atoms. The van der Waals surface area contributed by atoms with Crippen molar-refractivity contribution >= 4 is 28.2 Å². The molecule has 0 radical (unpaired) electrons. The van der Waals surface area contributed by atoms with Gasteiger partial charge in [0, 0.05) is 5.39 Å². The highest BCUT2D eigenvalue weighted by Crippen LogP contribution is 2.36. The van der Waals surface area contributed by atoms with Crippen molar-refractivity contribution in [1.29, 1.82) is 0 Å². The van der Waals surface area contributed by atoms with Gasteiger partial charge in [-0.15, -0.1) is 11.3 Å². The Labute approximate surface area is 154 Å². The van der Waals surface area contributed by atoms with Crippen molar-refractivity contribution in [2.75, 3.05) is 6.61 Å². The average Bonchev–Trinajstić information content (AvgIpc) is 3.14. The van der Waals surface area contributed by atoms with Crippen molar-refractivity contribution in [3.8, 4) is 5.75 Å². The highest BCUT2D eigenvalue weighted by molar-refractivity contribution is 7.09. The summed E-state index contributed by atoms with van der Waals surface area (Å²) in [5, 5.41) is 13.1. The molecule has 6 nitrogen and oxygen atoms in total. The summed E-state index contributed by atoms with van der Waals surface area (Å²) >= 11 is 1.56. The summed E-state index contributed by atoms with van der Waals surface area (Å²) in [6, 6.07) is 5.47. The van der Waals surface area contributed by atoms with Crippen molar-refractivity contribution in [1.82, 2.24) is 10.3 Å². The van der Waals surface area contributed by atoms with Crippen LogP contribution in [0, 0.1) is 13.8 Å². The highest BCUT2D eigenvalue weighted by Gasteiger charge is 2.44. The Bertz CT molecular complexity index is 971. The number of carbonyl (C=O) groups is 1. The Hall–Kier alpha value is -2.38. The SMILES string of the molecule is Cc1ncsc1COc1ccc2oc(C)c(C(=O)NC3(CO)CC3)c2c1. The number of thiazole rings is 1. The first kappa shape index (κ1) is 17.1. The second-order valence-corrected chi connectivity index (χ2v) is 7.67. The standard InChI is InChI=1S/C19H20N2O4S/c1-11-16(26-10-20-11)8-24-13-3-4-15-14(7-13)17(12(2)25-15)18(23)21-19(9-22)5-6-19/h3-4,7,10,22H,5-6,8-9H2,1-2H3,(H,21,23). The van der Waals surface area contributed by atoms with E-state index in [1.54, 1.807) is 23.8 Å². The topological polar surface area (TPSA) is 84.6 Å². The fourth-order valence-electron chi connectivity index (χ4n) is 2.96. The number of aromatic nitrogens is 1. The second kappa shape index (κ2) is 6.41. The fourth-order valence-corrected chi connectivity index (χ4v) is 3.65. The average molecular weight is 372 g/mol. The molecule has 1 aliphatic rings. The van der Waals surface area contributed by atoms with E-state index in [0.717, 1.165) is 23.4 Å². The zero-order valence-electron chi connectivity index (χ0n) is 14.7. The van der Waals surface area contributed by atoms with Gasteiger partial charge in [0.15, 0.2) is 0 Å². The molecular weight excluding hydrogens is 352 g/mol. The first-order valence-corrected chi connectivity index (χ1v) is 9.37. The number of hydrogen-bond acceptors (Lipinski definition) is 6. The molecule has 26 heavy (non-hydrogen) atoms. The number of aryl methyl sites for hydroxylation is 2. The minimum Gasteiger partial charge on any atom is -0.488 e. The van der Waals surface area contributed by atoms with Gasteiger partial charge in [0.1, 0.15) is 23.7 Å². The lowest BCUT2D eigenvalue weighted by atomic mass is 10.1. The van der Waals surface area contributed by atoms with Crippen LogP contribution < -0.4 is 10.1 Å². The second-order valence-electron chi connectivity index (χ2n) is 6.73. The van der Waals surface area contributed by atoms with E-state index in [4.69, 9.17) is 9.15 Å². The van der Waals surface area contributed by atoms with Crippen molar-refractivity contribution in [3.63, 3.8) is 0 Å². The number of nitrogens with zero attached hydrogens (tertiary/aromatic N) is 1. The molecule has 2 heterocycles. The number of hydrogen-bond donors (Lipinski definition) is 2. The third-order valence-electron chi connectivity index (χ3n) is 4.81. The zero-order valence-corrected chi connectivity index (χ0v) is 15.5. The maximum atomic E-state index is 12.7. The number of fused-ring (bicyclic) bond motifs is 1. The van der Waals surface area contributed by atoms with Crippen molar-refractivity contribution in [2.24, 2.45) is 0 Å². The van der Waals surface area contributed by atoms with Crippen LogP contribution in [0.2, 0.25) is 0 Å². The number of ether oxygens (including phenoxy) is 1. The van der Waals surface area contributed by atoms with Crippen molar-refractivity contribution < 1.29 is 19.1 Å². The van der Waals surface area contributed by atoms with E-state index in [9.17, 15) is 9.90 Å². The summed E-state index contributed by atoms with van der Waals surface area (Å²) in [4.78, 5) is 18.0. The Kier molecular flexibility index (Phi) is 4.20. The predicted octanol–water partition coefficient (Wildman–Crippen LogP) is 3.34. The first-order valence-electron chi connectivity index (χ1n) is 8.50. The molecule has 0 saturated heterocycles. The van der Waals surface area contributed by atoms with Crippen molar-refractivity contribution in [2.45, 2.75) is 38.8 Å². The van der Waals surface area contributed by atoms with Gasteiger partial charge in [0.2, 0.25) is 0 Å². The van der Waals surface area contributed by atoms with Crippen LogP contribution in [0.1, 0.15) is 39.5 Å². The third-order valence-corrected chi connectivity index (χ3v) is 5.72. The number of rotatable bonds is 6. The van der Waals surface area contributed by atoms with E-state index < -0.39 is 5.54 Å². The number of nitrogens with one attached hydrogen (secondary N) is 1. The van der Waals surface area contributed by atoms with Gasteiger partial charge >= 0.3 is 0 Å². The van der Waals surface area contributed by atoms with Crippen LogP contribution >= 0.6 is 11.3 Å². The molecule has 1 aliphatic carbocycles. The summed E-state index contributed by atoms with van der Waals surface area (Å²) in [6.45, 7) is 4.12. The minimum atomic E-state index is -0.467. The van der Waals surface area contributed by atoms with E-state index in [1.807, 2.05) is 25.1 Å². The Morgan fingerprint density at radius 3 is 2.88 bits per heavy atom. The predicted molar refractivity (Wildman–Crippen MR) is 98.7 cm³/mol. The Morgan fingerprint density at radius 1 is 1.42 bits per heavy atom. The lowest BCUT2D eigenvalue weighted by Crippen LogP contribution is -2.39. The number of carbonyl (C=O) groups excluding carboxylic acids is 1. The number of aliphatic hydroxyl groups is 1. The molecule has 7 heteroatoms. The van der Waals surface area contributed by atoms with Gasteiger partial charge in [-0.3, -0.25) is 4.79 Å². The molecule has 0 spiro atoms. The summed E-state index contributed by atoms with van der Waals surface area (Å²) in [5.41, 5.74) is 3.44. The number of furan rings is 1. The van der Waals surface area contributed by atoms with Gasteiger partial charge in [-0.05, 0) is 44.9 Å². The van der Waals surface area contributed by atoms with Crippen LogP contribution in [0.3, 0.4) is 0 Å². The van der Waals surface area contributed by atoms with E-state index >= 15 is 0 Å². The van der Waals surface area contributed by atoms with Crippen LogP contribution in [0.5, 0.6) is 5.75 Å². The lowest BCUT2D eigenvalue weighted by Gasteiger charge is -2.14. The van der Waals surface area contributed by atoms with Gasteiger partial charge in [-0.1, -0.05) is 0 Å². The first-order chi connectivity index (χ1) is 12.5. The molecule has 0 aliphatic heterocycles. The van der Waals surface area contributed by atoms with E-state index in [1.165, 1.54) is 0 Å². The number of amides is 1. The molecule has 1 saturated carbocycles. The molecule has 2 N–H and O–H groups in total. The summed E-state index contributed by atoms with van der Waals surface area (Å²) < 4.78 is 11.6. The maximum absolute atomic E-state index is 12.7. The maximum Gasteiger partial charge on any atom is 0.255 e. The van der Waals surface area contributed by atoms with Gasteiger partial charge in [0.25, 0.3) is 5.91 Å². The number of aliphatic hydroxyl groups excluding tert-OH is 1. The van der Waals surface area contributed by atoms with Crippen LogP contribution in [0.4, 0.5) is 0 Å². The molecule has 2 aromatic heterocycles. The molecule has 3 aromatic rings. The summed E-state index contributed by atoms with van der Waals surface area (Å²) in [5.74, 6) is 1.01. The molecular formula is C19H20N2O4S. The van der Waals surface area contributed by atoms with Gasteiger partial charge in [0.05, 0.1) is 33.8 Å². The van der Waals surface area contributed by atoms with Gasteiger partial charge in [-0.2, -0.15) is 0 Å². The monoisotopic (exact) mass is 372 g/mol. The summed E-state index contributed by atoms with van der Waals surface area (Å²) in [7, 11) is 0. The minimum absolute atomic E-state index is 0.0455. The summed E-state index contributed by atoms with van der Waals surface area (Å²) in [6.07, 6.45) is 1.60. The molecule has 1 amide bonds. The van der Waals surface area contributed by atoms with Crippen LogP contribution in [-0.2, 0) is 6.61 Å². The molecule has 136 valence electrons. The molecule has 1 fully saturated rings. The van der Waals surface area contributed by atoms with Gasteiger partial charge in [-0.25, -0.2) is 4.98 Å². The molecule has 4 rings (SSSR count). The van der Waals surface area contributed by atoms with Gasteiger partial charge < -0.3 is 19.6 Å². The smallest absolute Gasteiger partial charge is 0.255 e. The molecule has 1 aromatic carbocycles.